The van der Waals surface area contributed by atoms with Crippen molar-refractivity contribution in [3.63, 3.8) is 0 Å². The van der Waals surface area contributed by atoms with Crippen molar-refractivity contribution in [2.45, 2.75) is 12.8 Å². The van der Waals surface area contributed by atoms with Gasteiger partial charge in [-0.3, -0.25) is 9.59 Å². The lowest BCUT2D eigenvalue weighted by atomic mass is 9.98. The molecule has 0 amide bonds. The standard InChI is InChI=1S/C18H16O4/c1-22-18(21)16-8-3-2-6-14(16)9-10-17(20)15-7-4-5-13(11-15)12-19/h2-8,11-12H,9-10H2,1H3. The minimum atomic E-state index is -0.411. The number of methoxy groups -OCH3 is 1. The minimum absolute atomic E-state index is 0.0663. The maximum atomic E-state index is 12.2. The SMILES string of the molecule is COC(=O)c1ccccc1CCC(=O)c1cccc(C=O)c1. The summed E-state index contributed by atoms with van der Waals surface area (Å²) >= 11 is 0. The summed E-state index contributed by atoms with van der Waals surface area (Å²) in [5.74, 6) is -0.477. The van der Waals surface area contributed by atoms with Gasteiger partial charge < -0.3 is 4.74 Å². The summed E-state index contributed by atoms with van der Waals surface area (Å²) < 4.78 is 4.74. The first-order chi connectivity index (χ1) is 10.7. The van der Waals surface area contributed by atoms with Gasteiger partial charge in [0, 0.05) is 17.5 Å². The van der Waals surface area contributed by atoms with Crippen LogP contribution in [-0.4, -0.2) is 25.1 Å². The first kappa shape index (κ1) is 15.6. The molecule has 22 heavy (non-hydrogen) atoms. The van der Waals surface area contributed by atoms with Gasteiger partial charge in [0.2, 0.25) is 0 Å². The van der Waals surface area contributed by atoms with Crippen LogP contribution in [0.3, 0.4) is 0 Å². The number of ketones is 1. The monoisotopic (exact) mass is 296 g/mol. The van der Waals surface area contributed by atoms with E-state index in [1.807, 2.05) is 6.07 Å². The van der Waals surface area contributed by atoms with Crippen molar-refractivity contribution in [3.05, 3.63) is 70.8 Å². The van der Waals surface area contributed by atoms with E-state index in [1.165, 1.54) is 7.11 Å². The van der Waals surface area contributed by atoms with Gasteiger partial charge in [-0.15, -0.1) is 0 Å². The first-order valence-corrected chi connectivity index (χ1v) is 6.90. The Morgan fingerprint density at radius 2 is 1.86 bits per heavy atom. The molecule has 0 atom stereocenters. The van der Waals surface area contributed by atoms with Crippen molar-refractivity contribution in [1.29, 1.82) is 0 Å². The van der Waals surface area contributed by atoms with Crippen LogP contribution in [-0.2, 0) is 11.2 Å². The Morgan fingerprint density at radius 1 is 1.09 bits per heavy atom. The van der Waals surface area contributed by atoms with Crippen LogP contribution in [0.2, 0.25) is 0 Å². The largest absolute Gasteiger partial charge is 0.465 e. The van der Waals surface area contributed by atoms with E-state index in [0.717, 1.165) is 5.56 Å². The molecule has 2 rings (SSSR count). The molecule has 0 aromatic heterocycles. The van der Waals surface area contributed by atoms with Crippen LogP contribution in [0.15, 0.2) is 48.5 Å². The highest BCUT2D eigenvalue weighted by atomic mass is 16.5. The zero-order valence-corrected chi connectivity index (χ0v) is 12.2. The van der Waals surface area contributed by atoms with Gasteiger partial charge in [0.25, 0.3) is 0 Å². The fourth-order valence-corrected chi connectivity index (χ4v) is 2.23. The number of carbonyl (C=O) groups is 3. The molecule has 0 heterocycles. The Labute approximate surface area is 128 Å². The van der Waals surface area contributed by atoms with Crippen LogP contribution in [0.25, 0.3) is 0 Å². The van der Waals surface area contributed by atoms with E-state index in [0.29, 0.717) is 29.4 Å². The van der Waals surface area contributed by atoms with Crippen molar-refractivity contribution in [2.75, 3.05) is 7.11 Å². The molecule has 0 N–H and O–H groups in total. The Hall–Kier alpha value is -2.75. The molecule has 0 bridgehead atoms. The molecule has 0 unspecified atom stereocenters. The summed E-state index contributed by atoms with van der Waals surface area (Å²) in [7, 11) is 1.33. The lowest BCUT2D eigenvalue weighted by molar-refractivity contribution is 0.0598. The summed E-state index contributed by atoms with van der Waals surface area (Å²) in [6.45, 7) is 0. The van der Waals surface area contributed by atoms with Crippen molar-refractivity contribution >= 4 is 18.0 Å². The van der Waals surface area contributed by atoms with E-state index in [2.05, 4.69) is 0 Å². The Bertz CT molecular complexity index is 704. The molecular weight excluding hydrogens is 280 g/mol. The van der Waals surface area contributed by atoms with Gasteiger partial charge in [0.15, 0.2) is 5.78 Å². The number of aryl methyl sites for hydroxylation is 1. The Balaban J connectivity index is 2.11. The van der Waals surface area contributed by atoms with Gasteiger partial charge >= 0.3 is 5.97 Å². The molecule has 4 heteroatoms. The van der Waals surface area contributed by atoms with Gasteiger partial charge in [-0.05, 0) is 24.1 Å². The predicted octanol–water partition coefficient (Wildman–Crippen LogP) is 3.10. The van der Waals surface area contributed by atoms with Gasteiger partial charge in [0.1, 0.15) is 6.29 Å². The number of Topliss-reactive ketones (excluding diaryl/α,β-unsaturated/α-hetero) is 1. The second-order valence-electron chi connectivity index (χ2n) is 4.82. The van der Waals surface area contributed by atoms with E-state index in [-0.39, 0.29) is 12.2 Å². The second-order valence-corrected chi connectivity index (χ2v) is 4.82. The number of benzene rings is 2. The number of carbonyl (C=O) groups excluding carboxylic acids is 3. The maximum Gasteiger partial charge on any atom is 0.338 e. The van der Waals surface area contributed by atoms with Crippen LogP contribution in [0.1, 0.15) is 43.1 Å². The molecule has 0 spiro atoms. The molecule has 2 aromatic carbocycles. The van der Waals surface area contributed by atoms with Gasteiger partial charge in [-0.1, -0.05) is 36.4 Å². The lowest BCUT2D eigenvalue weighted by Gasteiger charge is -2.07. The molecule has 0 aliphatic carbocycles. The molecule has 0 aliphatic rings. The van der Waals surface area contributed by atoms with E-state index < -0.39 is 5.97 Å². The normalized spacial score (nSPS) is 10.0. The van der Waals surface area contributed by atoms with Gasteiger partial charge in [-0.2, -0.15) is 0 Å². The van der Waals surface area contributed by atoms with Crippen molar-refractivity contribution in [3.8, 4) is 0 Å². The summed E-state index contributed by atoms with van der Waals surface area (Å²) in [5, 5.41) is 0. The maximum absolute atomic E-state index is 12.2. The number of esters is 1. The van der Waals surface area contributed by atoms with E-state index in [9.17, 15) is 14.4 Å². The third-order valence-electron chi connectivity index (χ3n) is 3.39. The Kier molecular flexibility index (Phi) is 5.20. The summed E-state index contributed by atoms with van der Waals surface area (Å²) in [4.78, 5) is 34.6. The molecule has 2 aromatic rings. The molecule has 0 fully saturated rings. The number of rotatable bonds is 6. The van der Waals surface area contributed by atoms with Crippen LogP contribution >= 0.6 is 0 Å². The molecule has 0 radical (unpaired) electrons. The number of hydrogen-bond donors (Lipinski definition) is 0. The van der Waals surface area contributed by atoms with Gasteiger partial charge in [0.05, 0.1) is 12.7 Å². The van der Waals surface area contributed by atoms with Crippen LogP contribution < -0.4 is 0 Å². The highest BCUT2D eigenvalue weighted by Gasteiger charge is 2.13. The van der Waals surface area contributed by atoms with Crippen LogP contribution in [0.5, 0.6) is 0 Å². The fraction of sp³-hybridized carbons (Fsp3) is 0.167. The summed E-state index contributed by atoms with van der Waals surface area (Å²) in [6, 6.07) is 13.6. The zero-order chi connectivity index (χ0) is 15.9. The molecule has 4 nitrogen and oxygen atoms in total. The van der Waals surface area contributed by atoms with Gasteiger partial charge in [-0.25, -0.2) is 4.79 Å². The molecular formula is C18H16O4. The number of aldehydes is 1. The molecule has 0 aliphatic heterocycles. The average Bonchev–Trinajstić information content (AvgIpc) is 2.59. The molecule has 0 saturated carbocycles. The van der Waals surface area contributed by atoms with E-state index in [1.54, 1.807) is 42.5 Å². The van der Waals surface area contributed by atoms with Crippen molar-refractivity contribution in [2.24, 2.45) is 0 Å². The minimum Gasteiger partial charge on any atom is -0.465 e. The third-order valence-corrected chi connectivity index (χ3v) is 3.39. The Morgan fingerprint density at radius 3 is 2.59 bits per heavy atom. The second kappa shape index (κ2) is 7.31. The lowest BCUT2D eigenvalue weighted by Crippen LogP contribution is -2.08. The quantitative estimate of drug-likeness (QED) is 0.467. The highest BCUT2D eigenvalue weighted by molar-refractivity contribution is 5.98. The van der Waals surface area contributed by atoms with Crippen molar-refractivity contribution in [1.82, 2.24) is 0 Å². The number of hydrogen-bond acceptors (Lipinski definition) is 4. The smallest absolute Gasteiger partial charge is 0.338 e. The summed E-state index contributed by atoms with van der Waals surface area (Å²) in [5.41, 5.74) is 2.22. The van der Waals surface area contributed by atoms with E-state index in [4.69, 9.17) is 4.74 Å². The molecule has 0 saturated heterocycles. The average molecular weight is 296 g/mol. The predicted molar refractivity (Wildman–Crippen MR) is 82.3 cm³/mol. The zero-order valence-electron chi connectivity index (χ0n) is 12.2. The summed E-state index contributed by atoms with van der Waals surface area (Å²) in [6.07, 6.45) is 1.41. The highest BCUT2D eigenvalue weighted by Crippen LogP contribution is 2.15. The number of ether oxygens (including phenoxy) is 1. The first-order valence-electron chi connectivity index (χ1n) is 6.90. The van der Waals surface area contributed by atoms with Crippen LogP contribution in [0.4, 0.5) is 0 Å². The van der Waals surface area contributed by atoms with Crippen LogP contribution in [0, 0.1) is 0 Å². The van der Waals surface area contributed by atoms with E-state index >= 15 is 0 Å². The fourth-order valence-electron chi connectivity index (χ4n) is 2.23. The third kappa shape index (κ3) is 3.67. The topological polar surface area (TPSA) is 60.4 Å². The molecule has 112 valence electrons. The van der Waals surface area contributed by atoms with Crippen molar-refractivity contribution < 1.29 is 19.1 Å².